The third kappa shape index (κ3) is 4.43. The quantitative estimate of drug-likeness (QED) is 0.824. The number of rotatable bonds is 4. The second-order valence-corrected chi connectivity index (χ2v) is 6.35. The van der Waals surface area contributed by atoms with E-state index >= 15 is 0 Å². The number of hydrogen-bond acceptors (Lipinski definition) is 4. The highest BCUT2D eigenvalue weighted by molar-refractivity contribution is 5.78. The van der Waals surface area contributed by atoms with E-state index in [2.05, 4.69) is 4.90 Å². The lowest BCUT2D eigenvalue weighted by atomic mass is 9.93. The molecule has 2 atom stereocenters. The maximum absolute atomic E-state index is 12.4. The fourth-order valence-electron chi connectivity index (χ4n) is 3.34. The van der Waals surface area contributed by atoms with Crippen molar-refractivity contribution in [3.05, 3.63) is 0 Å². The fourth-order valence-corrected chi connectivity index (χ4v) is 3.34. The van der Waals surface area contributed by atoms with Crippen LogP contribution >= 0.6 is 0 Å². The van der Waals surface area contributed by atoms with Crippen molar-refractivity contribution < 1.29 is 9.53 Å². The van der Waals surface area contributed by atoms with Crippen molar-refractivity contribution in [2.24, 2.45) is 11.7 Å². The summed E-state index contributed by atoms with van der Waals surface area (Å²) >= 11 is 0. The van der Waals surface area contributed by atoms with Crippen molar-refractivity contribution in [3.8, 4) is 0 Å². The van der Waals surface area contributed by atoms with E-state index in [4.69, 9.17) is 10.5 Å². The average molecular weight is 283 g/mol. The Kier molecular flexibility index (Phi) is 5.81. The molecule has 0 saturated carbocycles. The molecule has 0 aromatic heterocycles. The van der Waals surface area contributed by atoms with Crippen LogP contribution in [-0.4, -0.2) is 67.2 Å². The predicted octanol–water partition coefficient (Wildman–Crippen LogP) is 0.683. The van der Waals surface area contributed by atoms with E-state index in [0.29, 0.717) is 6.54 Å². The number of likely N-dealkylation sites (tertiary alicyclic amines) is 1. The lowest BCUT2D eigenvalue weighted by molar-refractivity contribution is -0.144. The minimum atomic E-state index is 0.151. The van der Waals surface area contributed by atoms with Gasteiger partial charge in [-0.3, -0.25) is 9.69 Å². The molecule has 2 heterocycles. The maximum atomic E-state index is 12.4. The Bertz CT molecular complexity index is 306. The monoisotopic (exact) mass is 283 g/mol. The SMILES string of the molecule is CC1CN(C(=O)CN2CCC(CCN)CC2)CC(C)O1. The van der Waals surface area contributed by atoms with Gasteiger partial charge in [0.1, 0.15) is 0 Å². The van der Waals surface area contributed by atoms with E-state index in [1.165, 1.54) is 12.8 Å². The molecule has 2 N–H and O–H groups in total. The van der Waals surface area contributed by atoms with Crippen LogP contribution in [0.1, 0.15) is 33.1 Å². The number of nitrogens with zero attached hydrogens (tertiary/aromatic N) is 2. The highest BCUT2D eigenvalue weighted by atomic mass is 16.5. The molecule has 20 heavy (non-hydrogen) atoms. The van der Waals surface area contributed by atoms with Gasteiger partial charge in [0.2, 0.25) is 5.91 Å². The third-order valence-corrected chi connectivity index (χ3v) is 4.41. The van der Waals surface area contributed by atoms with Gasteiger partial charge in [-0.1, -0.05) is 0 Å². The molecule has 0 aromatic rings. The second kappa shape index (κ2) is 7.38. The van der Waals surface area contributed by atoms with Gasteiger partial charge >= 0.3 is 0 Å². The summed E-state index contributed by atoms with van der Waals surface area (Å²) in [6, 6.07) is 0. The van der Waals surface area contributed by atoms with Crippen molar-refractivity contribution in [3.63, 3.8) is 0 Å². The van der Waals surface area contributed by atoms with E-state index in [1.54, 1.807) is 0 Å². The van der Waals surface area contributed by atoms with Crippen LogP contribution in [0, 0.1) is 5.92 Å². The number of piperidine rings is 1. The maximum Gasteiger partial charge on any atom is 0.236 e. The van der Waals surface area contributed by atoms with Gasteiger partial charge in [-0.15, -0.1) is 0 Å². The summed E-state index contributed by atoms with van der Waals surface area (Å²) in [5.41, 5.74) is 5.61. The van der Waals surface area contributed by atoms with Crippen LogP contribution in [0.4, 0.5) is 0 Å². The molecule has 2 saturated heterocycles. The predicted molar refractivity (Wildman–Crippen MR) is 79.4 cm³/mol. The van der Waals surface area contributed by atoms with Crippen LogP contribution in [0.15, 0.2) is 0 Å². The number of carbonyl (C=O) groups excluding carboxylic acids is 1. The van der Waals surface area contributed by atoms with Gasteiger partial charge in [-0.05, 0) is 58.7 Å². The van der Waals surface area contributed by atoms with E-state index < -0.39 is 0 Å². The van der Waals surface area contributed by atoms with Gasteiger partial charge < -0.3 is 15.4 Å². The molecule has 2 unspecified atom stereocenters. The van der Waals surface area contributed by atoms with E-state index in [-0.39, 0.29) is 18.1 Å². The molecule has 2 rings (SSSR count). The largest absolute Gasteiger partial charge is 0.372 e. The standard InChI is InChI=1S/C15H29N3O2/c1-12-9-18(10-13(2)20-12)15(19)11-17-7-4-14(3-6-16)5-8-17/h12-14H,3-11,16H2,1-2H3. The van der Waals surface area contributed by atoms with Gasteiger partial charge in [0.25, 0.3) is 0 Å². The molecule has 2 aliphatic heterocycles. The fraction of sp³-hybridized carbons (Fsp3) is 0.933. The van der Waals surface area contributed by atoms with Gasteiger partial charge in [0.15, 0.2) is 0 Å². The summed E-state index contributed by atoms with van der Waals surface area (Å²) in [5.74, 6) is 1.01. The van der Waals surface area contributed by atoms with Crippen LogP contribution in [0.2, 0.25) is 0 Å². The summed E-state index contributed by atoms with van der Waals surface area (Å²) in [5, 5.41) is 0. The first-order chi connectivity index (χ1) is 9.58. The Morgan fingerprint density at radius 2 is 1.80 bits per heavy atom. The van der Waals surface area contributed by atoms with Gasteiger partial charge in [0, 0.05) is 13.1 Å². The van der Waals surface area contributed by atoms with Crippen molar-refractivity contribution in [1.29, 1.82) is 0 Å². The van der Waals surface area contributed by atoms with Crippen molar-refractivity contribution in [1.82, 2.24) is 9.80 Å². The molecule has 2 aliphatic rings. The molecule has 5 nitrogen and oxygen atoms in total. The van der Waals surface area contributed by atoms with Crippen LogP contribution in [0.3, 0.4) is 0 Å². The number of ether oxygens (including phenoxy) is 1. The molecular weight excluding hydrogens is 254 g/mol. The number of carbonyl (C=O) groups is 1. The molecule has 0 aliphatic carbocycles. The lowest BCUT2D eigenvalue weighted by Gasteiger charge is -2.37. The summed E-state index contributed by atoms with van der Waals surface area (Å²) < 4.78 is 5.68. The van der Waals surface area contributed by atoms with Gasteiger partial charge in [-0.25, -0.2) is 0 Å². The first kappa shape index (κ1) is 15.7. The van der Waals surface area contributed by atoms with Crippen LogP contribution < -0.4 is 5.73 Å². The summed E-state index contributed by atoms with van der Waals surface area (Å²) in [6.45, 7) is 8.95. The summed E-state index contributed by atoms with van der Waals surface area (Å²) in [4.78, 5) is 16.6. The molecule has 5 heteroatoms. The lowest BCUT2D eigenvalue weighted by Crippen LogP contribution is -2.51. The van der Waals surface area contributed by atoms with Crippen molar-refractivity contribution in [2.45, 2.75) is 45.3 Å². The minimum Gasteiger partial charge on any atom is -0.372 e. The number of nitrogens with two attached hydrogens (primary N) is 1. The van der Waals surface area contributed by atoms with Crippen LogP contribution in [0.25, 0.3) is 0 Å². The molecule has 1 amide bonds. The van der Waals surface area contributed by atoms with Crippen molar-refractivity contribution >= 4 is 5.91 Å². The zero-order chi connectivity index (χ0) is 14.5. The number of morpholine rings is 1. The van der Waals surface area contributed by atoms with E-state index in [1.807, 2.05) is 18.7 Å². The smallest absolute Gasteiger partial charge is 0.236 e. The Morgan fingerprint density at radius 3 is 2.35 bits per heavy atom. The zero-order valence-electron chi connectivity index (χ0n) is 12.9. The van der Waals surface area contributed by atoms with Gasteiger partial charge in [0.05, 0.1) is 18.8 Å². The molecular formula is C15H29N3O2. The highest BCUT2D eigenvalue weighted by Crippen LogP contribution is 2.20. The molecule has 0 bridgehead atoms. The third-order valence-electron chi connectivity index (χ3n) is 4.41. The first-order valence-corrected chi connectivity index (χ1v) is 7.94. The highest BCUT2D eigenvalue weighted by Gasteiger charge is 2.28. The molecule has 116 valence electrons. The summed E-state index contributed by atoms with van der Waals surface area (Å²) in [6.07, 6.45) is 3.79. The van der Waals surface area contributed by atoms with E-state index in [9.17, 15) is 4.79 Å². The van der Waals surface area contributed by atoms with E-state index in [0.717, 1.165) is 45.1 Å². The molecule has 0 radical (unpaired) electrons. The summed E-state index contributed by atoms with van der Waals surface area (Å²) in [7, 11) is 0. The van der Waals surface area contributed by atoms with Crippen LogP contribution in [0.5, 0.6) is 0 Å². The molecule has 0 spiro atoms. The van der Waals surface area contributed by atoms with Crippen molar-refractivity contribution in [2.75, 3.05) is 39.3 Å². The molecule has 2 fully saturated rings. The second-order valence-electron chi connectivity index (χ2n) is 6.35. The Labute approximate surface area is 122 Å². The van der Waals surface area contributed by atoms with Crippen LogP contribution in [-0.2, 0) is 9.53 Å². The number of amides is 1. The minimum absolute atomic E-state index is 0.151. The Balaban J connectivity index is 1.75. The Morgan fingerprint density at radius 1 is 1.20 bits per heavy atom. The number of hydrogen-bond donors (Lipinski definition) is 1. The average Bonchev–Trinajstić information content (AvgIpc) is 2.40. The topological polar surface area (TPSA) is 58.8 Å². The first-order valence-electron chi connectivity index (χ1n) is 7.94. The van der Waals surface area contributed by atoms with Gasteiger partial charge in [-0.2, -0.15) is 0 Å². The zero-order valence-corrected chi connectivity index (χ0v) is 12.9. The normalized spacial score (nSPS) is 29.6. The molecule has 0 aromatic carbocycles. The Hall–Kier alpha value is -0.650.